The third kappa shape index (κ3) is 3.93. The van der Waals surface area contributed by atoms with Crippen LogP contribution in [0.25, 0.3) is 11.3 Å². The Hall–Kier alpha value is -2.14. The summed E-state index contributed by atoms with van der Waals surface area (Å²) in [5.74, 6) is 2.33. The molecule has 5 heteroatoms. The second-order valence-corrected chi connectivity index (χ2v) is 7.37. The molecule has 2 heterocycles. The van der Waals surface area contributed by atoms with Gasteiger partial charge in [0.05, 0.1) is 18.0 Å². The van der Waals surface area contributed by atoms with Gasteiger partial charge >= 0.3 is 0 Å². The summed E-state index contributed by atoms with van der Waals surface area (Å²) in [4.78, 5) is 8.99. The van der Waals surface area contributed by atoms with Gasteiger partial charge in [0.2, 0.25) is 5.95 Å². The average Bonchev–Trinajstić information content (AvgIpc) is 3.45. The largest absolute Gasteiger partial charge is 0.493 e. The van der Waals surface area contributed by atoms with Crippen LogP contribution in [0.15, 0.2) is 30.3 Å². The van der Waals surface area contributed by atoms with Crippen molar-refractivity contribution >= 4 is 5.95 Å². The fourth-order valence-corrected chi connectivity index (χ4v) is 3.38. The van der Waals surface area contributed by atoms with E-state index in [2.05, 4.69) is 34.3 Å². The minimum absolute atomic E-state index is 0.336. The summed E-state index contributed by atoms with van der Waals surface area (Å²) in [5, 5.41) is 3.53. The lowest BCUT2D eigenvalue weighted by Crippen LogP contribution is -2.36. The number of anilines is 1. The van der Waals surface area contributed by atoms with Crippen molar-refractivity contribution in [1.82, 2.24) is 15.3 Å². The van der Waals surface area contributed by atoms with Crippen LogP contribution in [0.5, 0.6) is 5.75 Å². The van der Waals surface area contributed by atoms with Crippen molar-refractivity contribution in [3.8, 4) is 17.0 Å². The highest BCUT2D eigenvalue weighted by molar-refractivity contribution is 5.68. The number of nitrogens with two attached hydrogens (primary N) is 1. The highest BCUT2D eigenvalue weighted by Gasteiger charge is 2.24. The summed E-state index contributed by atoms with van der Waals surface area (Å²) in [6.07, 6.45) is 4.84. The van der Waals surface area contributed by atoms with Gasteiger partial charge in [-0.1, -0.05) is 12.1 Å². The summed E-state index contributed by atoms with van der Waals surface area (Å²) >= 11 is 0. The lowest BCUT2D eigenvalue weighted by Gasteiger charge is -2.27. The summed E-state index contributed by atoms with van der Waals surface area (Å²) in [7, 11) is 0. The summed E-state index contributed by atoms with van der Waals surface area (Å²) < 4.78 is 6.04. The van der Waals surface area contributed by atoms with E-state index in [0.717, 1.165) is 54.6 Å². The van der Waals surface area contributed by atoms with Crippen LogP contribution in [0.4, 0.5) is 5.95 Å². The SMILES string of the molecule is CC1CCC(c2cc(-c3ccccc3OCC3CC3)nc(N)n2)CN1. The zero-order valence-electron chi connectivity index (χ0n) is 14.7. The van der Waals surface area contributed by atoms with E-state index in [-0.39, 0.29) is 0 Å². The van der Waals surface area contributed by atoms with Gasteiger partial charge in [-0.3, -0.25) is 0 Å². The Morgan fingerprint density at radius 3 is 2.76 bits per heavy atom. The maximum absolute atomic E-state index is 6.04. The summed E-state index contributed by atoms with van der Waals surface area (Å²) in [6.45, 7) is 3.95. The maximum Gasteiger partial charge on any atom is 0.220 e. The van der Waals surface area contributed by atoms with Gasteiger partial charge in [0.1, 0.15) is 5.75 Å². The number of nitrogens with one attached hydrogen (secondary N) is 1. The van der Waals surface area contributed by atoms with Gasteiger partial charge in [0.15, 0.2) is 0 Å². The van der Waals surface area contributed by atoms with E-state index in [0.29, 0.717) is 17.9 Å². The lowest BCUT2D eigenvalue weighted by molar-refractivity contribution is 0.301. The molecule has 0 radical (unpaired) electrons. The first-order chi connectivity index (χ1) is 12.2. The molecule has 1 saturated carbocycles. The number of nitrogens with zero attached hydrogens (tertiary/aromatic N) is 2. The molecule has 1 aliphatic heterocycles. The van der Waals surface area contributed by atoms with Crippen LogP contribution in [0.2, 0.25) is 0 Å². The first-order valence-electron chi connectivity index (χ1n) is 9.29. The number of ether oxygens (including phenoxy) is 1. The van der Waals surface area contributed by atoms with Gasteiger partial charge in [0.25, 0.3) is 0 Å². The number of rotatable bonds is 5. The van der Waals surface area contributed by atoms with Crippen molar-refractivity contribution in [3.63, 3.8) is 0 Å². The second-order valence-electron chi connectivity index (χ2n) is 7.37. The van der Waals surface area contributed by atoms with Gasteiger partial charge in [0, 0.05) is 24.1 Å². The summed E-state index contributed by atoms with van der Waals surface area (Å²) in [5.41, 5.74) is 8.91. The molecule has 2 fully saturated rings. The van der Waals surface area contributed by atoms with Crippen LogP contribution < -0.4 is 15.8 Å². The summed E-state index contributed by atoms with van der Waals surface area (Å²) in [6, 6.07) is 10.7. The molecule has 1 saturated heterocycles. The molecule has 25 heavy (non-hydrogen) atoms. The van der Waals surface area contributed by atoms with Gasteiger partial charge in [-0.2, -0.15) is 0 Å². The van der Waals surface area contributed by atoms with E-state index < -0.39 is 0 Å². The lowest BCUT2D eigenvalue weighted by atomic mass is 9.92. The van der Waals surface area contributed by atoms with Gasteiger partial charge in [-0.15, -0.1) is 0 Å². The molecular formula is C20H26N4O. The molecule has 2 unspecified atom stereocenters. The Balaban J connectivity index is 1.61. The number of hydrogen-bond acceptors (Lipinski definition) is 5. The molecule has 4 rings (SSSR count). The van der Waals surface area contributed by atoms with Crippen molar-refractivity contribution in [2.24, 2.45) is 5.92 Å². The molecule has 1 aromatic heterocycles. The number of piperidine rings is 1. The topological polar surface area (TPSA) is 73.1 Å². The molecule has 5 nitrogen and oxygen atoms in total. The van der Waals surface area contributed by atoms with E-state index in [9.17, 15) is 0 Å². The molecule has 2 aliphatic rings. The maximum atomic E-state index is 6.04. The van der Waals surface area contributed by atoms with Crippen LogP contribution in [0.3, 0.4) is 0 Å². The van der Waals surface area contributed by atoms with Crippen LogP contribution in [-0.4, -0.2) is 29.2 Å². The molecule has 1 aromatic carbocycles. The molecule has 0 bridgehead atoms. The molecular weight excluding hydrogens is 312 g/mol. The van der Waals surface area contributed by atoms with Crippen LogP contribution in [0, 0.1) is 5.92 Å². The number of nitrogen functional groups attached to an aromatic ring is 1. The Bertz CT molecular complexity index is 736. The third-order valence-corrected chi connectivity index (χ3v) is 5.18. The van der Waals surface area contributed by atoms with E-state index >= 15 is 0 Å². The van der Waals surface area contributed by atoms with Crippen LogP contribution >= 0.6 is 0 Å². The van der Waals surface area contributed by atoms with Crippen molar-refractivity contribution < 1.29 is 4.74 Å². The quantitative estimate of drug-likeness (QED) is 0.874. The zero-order valence-corrected chi connectivity index (χ0v) is 14.7. The predicted octanol–water partition coefficient (Wildman–Crippen LogP) is 3.37. The number of benzene rings is 1. The monoisotopic (exact) mass is 338 g/mol. The van der Waals surface area contributed by atoms with Crippen molar-refractivity contribution in [1.29, 1.82) is 0 Å². The Morgan fingerprint density at radius 1 is 1.16 bits per heavy atom. The predicted molar refractivity (Wildman–Crippen MR) is 99.5 cm³/mol. The van der Waals surface area contributed by atoms with Crippen molar-refractivity contribution in [2.75, 3.05) is 18.9 Å². The molecule has 1 aliphatic carbocycles. The first kappa shape index (κ1) is 16.3. The average molecular weight is 338 g/mol. The molecule has 132 valence electrons. The van der Waals surface area contributed by atoms with Gasteiger partial charge < -0.3 is 15.8 Å². The molecule has 0 amide bonds. The molecule has 2 aromatic rings. The van der Waals surface area contributed by atoms with Crippen LogP contribution in [-0.2, 0) is 0 Å². The Kier molecular flexibility index (Phi) is 4.57. The van der Waals surface area contributed by atoms with Gasteiger partial charge in [-0.05, 0) is 56.7 Å². The van der Waals surface area contributed by atoms with E-state index in [4.69, 9.17) is 10.5 Å². The third-order valence-electron chi connectivity index (χ3n) is 5.18. The van der Waals surface area contributed by atoms with Crippen molar-refractivity contribution in [3.05, 3.63) is 36.0 Å². The van der Waals surface area contributed by atoms with E-state index in [1.807, 2.05) is 18.2 Å². The van der Waals surface area contributed by atoms with Crippen molar-refractivity contribution in [2.45, 2.75) is 44.6 Å². The highest BCUT2D eigenvalue weighted by atomic mass is 16.5. The fourth-order valence-electron chi connectivity index (χ4n) is 3.38. The van der Waals surface area contributed by atoms with E-state index in [1.54, 1.807) is 0 Å². The fraction of sp³-hybridized carbons (Fsp3) is 0.500. The normalized spacial score (nSPS) is 23.4. The standard InChI is InChI=1S/C20H26N4O/c1-13-6-9-15(11-22-13)17-10-18(24-20(21)23-17)16-4-2-3-5-19(16)25-12-14-7-8-14/h2-5,10,13-15,22H,6-9,11-12H2,1H3,(H2,21,23,24). The molecule has 3 N–H and O–H groups in total. The van der Waals surface area contributed by atoms with Crippen LogP contribution in [0.1, 0.15) is 44.2 Å². The minimum Gasteiger partial charge on any atom is -0.493 e. The molecule has 2 atom stereocenters. The molecule has 0 spiro atoms. The van der Waals surface area contributed by atoms with Gasteiger partial charge in [-0.25, -0.2) is 9.97 Å². The zero-order chi connectivity index (χ0) is 17.2. The number of para-hydroxylation sites is 1. The Morgan fingerprint density at radius 2 is 2.00 bits per heavy atom. The number of aromatic nitrogens is 2. The Labute approximate surface area is 149 Å². The smallest absolute Gasteiger partial charge is 0.220 e. The highest BCUT2D eigenvalue weighted by Crippen LogP contribution is 2.34. The first-order valence-corrected chi connectivity index (χ1v) is 9.29. The second kappa shape index (κ2) is 7.00. The minimum atomic E-state index is 0.336. The number of hydrogen-bond donors (Lipinski definition) is 2. The van der Waals surface area contributed by atoms with E-state index in [1.165, 1.54) is 12.8 Å².